The number of hydrogen-bond acceptors (Lipinski definition) is 18. The van der Waals surface area contributed by atoms with Crippen LogP contribution in [-0.4, -0.2) is 163 Å². The number of rotatable bonds is 15. The summed E-state index contributed by atoms with van der Waals surface area (Å²) >= 11 is 0. The predicted molar refractivity (Wildman–Crippen MR) is 261 cm³/mol. The number of Topliss-reactive ketones (excluding diaryl/α,β-unsaturated/α-hetero) is 1. The molecule has 0 spiro atoms. The van der Waals surface area contributed by atoms with Crippen molar-refractivity contribution in [2.45, 2.75) is 108 Å². The average molecular weight is 1020 g/mol. The van der Waals surface area contributed by atoms with Gasteiger partial charge in [0.25, 0.3) is 5.91 Å². The van der Waals surface area contributed by atoms with E-state index in [1.807, 2.05) is 11.9 Å². The third-order valence-electron chi connectivity index (χ3n) is 15.9. The molecular formula is C55H65N3O16. The van der Waals surface area contributed by atoms with Crippen LogP contribution >= 0.6 is 0 Å². The highest BCUT2D eigenvalue weighted by Gasteiger charge is 2.79. The van der Waals surface area contributed by atoms with E-state index < -0.39 is 125 Å². The highest BCUT2D eigenvalue weighted by Crippen LogP contribution is 2.65. The van der Waals surface area contributed by atoms with Gasteiger partial charge >= 0.3 is 29.8 Å². The molecule has 3 aromatic rings. The van der Waals surface area contributed by atoms with Gasteiger partial charge in [0.2, 0.25) is 0 Å². The van der Waals surface area contributed by atoms with Crippen molar-refractivity contribution in [3.63, 3.8) is 0 Å². The zero-order valence-corrected chi connectivity index (χ0v) is 42.6. The SMILES string of the molecule is CC(=O)O[C@H]1C(=O)[C@]2(C)[C@@H](OCOC(=O)CN3CCN(C)CC3)C[C@H]3OC[C@@]3(OC(C)=O)[C@H]2[C@H](OC(=O)c2ccccc2)[C@]2(O)C[C@H](OC(=O)[C@H](O)[C@@H](NC(=O)c3ccccc3)c3ccccc3)C(C)=C1C2(C)C. The van der Waals surface area contributed by atoms with E-state index >= 15 is 4.79 Å². The first kappa shape index (κ1) is 53.9. The molecule has 2 saturated heterocycles. The molecule has 19 heteroatoms. The Kier molecular flexibility index (Phi) is 15.7. The van der Waals surface area contributed by atoms with E-state index in [0.717, 1.165) is 26.9 Å². The Bertz CT molecular complexity index is 2640. The molecule has 2 aliphatic heterocycles. The molecule has 2 bridgehead atoms. The van der Waals surface area contributed by atoms with Crippen LogP contribution in [0.15, 0.2) is 102 Å². The topological polar surface area (TPSA) is 243 Å². The van der Waals surface area contributed by atoms with Crippen LogP contribution in [0.3, 0.4) is 0 Å². The number of nitrogens with zero attached hydrogens (tertiary/aromatic N) is 2. The van der Waals surface area contributed by atoms with Crippen molar-refractivity contribution in [1.29, 1.82) is 0 Å². The largest absolute Gasteiger partial charge is 0.456 e. The zero-order valence-electron chi connectivity index (χ0n) is 42.6. The van der Waals surface area contributed by atoms with Gasteiger partial charge in [-0.25, -0.2) is 9.59 Å². The Balaban J connectivity index is 1.24. The summed E-state index contributed by atoms with van der Waals surface area (Å²) in [5, 5.41) is 28.8. The minimum Gasteiger partial charge on any atom is -0.456 e. The molecule has 3 N–H and O–H groups in total. The van der Waals surface area contributed by atoms with E-state index in [9.17, 15) is 39.0 Å². The Morgan fingerprint density at radius 3 is 2.01 bits per heavy atom. The molecule has 4 fully saturated rings. The molecule has 0 aromatic heterocycles. The van der Waals surface area contributed by atoms with Crippen LogP contribution in [0.1, 0.15) is 86.7 Å². The number of likely N-dealkylation sites (N-methyl/N-ethyl adjacent to an activating group) is 1. The third-order valence-corrected chi connectivity index (χ3v) is 15.9. The fourth-order valence-corrected chi connectivity index (χ4v) is 11.8. The molecule has 396 valence electrons. The number of nitrogens with one attached hydrogen (secondary N) is 1. The smallest absolute Gasteiger partial charge is 0.338 e. The van der Waals surface area contributed by atoms with Gasteiger partial charge in [0.15, 0.2) is 30.4 Å². The quantitative estimate of drug-likeness (QED) is 0.0854. The van der Waals surface area contributed by atoms with Crippen molar-refractivity contribution in [3.8, 4) is 0 Å². The number of ether oxygens (including phenoxy) is 7. The molecule has 3 aliphatic carbocycles. The lowest BCUT2D eigenvalue weighted by Crippen LogP contribution is -2.82. The normalized spacial score (nSPS) is 30.3. The van der Waals surface area contributed by atoms with E-state index in [-0.39, 0.29) is 41.8 Å². The van der Waals surface area contributed by atoms with Crippen molar-refractivity contribution in [1.82, 2.24) is 15.1 Å². The lowest BCUT2D eigenvalue weighted by molar-refractivity contribution is -0.351. The number of esters is 5. The number of aliphatic hydroxyl groups is 2. The van der Waals surface area contributed by atoms with Crippen LogP contribution < -0.4 is 5.32 Å². The monoisotopic (exact) mass is 1020 g/mol. The summed E-state index contributed by atoms with van der Waals surface area (Å²) in [5.41, 5.74) is -7.24. The predicted octanol–water partition coefficient (Wildman–Crippen LogP) is 3.51. The van der Waals surface area contributed by atoms with E-state index in [4.69, 9.17) is 33.2 Å². The van der Waals surface area contributed by atoms with Crippen LogP contribution in [-0.2, 0) is 57.1 Å². The fraction of sp³-hybridized carbons (Fsp3) is 0.509. The van der Waals surface area contributed by atoms with Gasteiger partial charge in [-0.05, 0) is 61.9 Å². The fourth-order valence-electron chi connectivity index (χ4n) is 11.8. The molecule has 0 unspecified atom stereocenters. The van der Waals surface area contributed by atoms with Crippen LogP contribution in [0.4, 0.5) is 0 Å². The first-order valence-corrected chi connectivity index (χ1v) is 24.8. The molecule has 8 rings (SSSR count). The summed E-state index contributed by atoms with van der Waals surface area (Å²) in [7, 11) is 1.99. The molecule has 11 atom stereocenters. The van der Waals surface area contributed by atoms with Gasteiger partial charge in [-0.3, -0.25) is 28.9 Å². The summed E-state index contributed by atoms with van der Waals surface area (Å²) in [6.07, 6.45) is -10.4. The Morgan fingerprint density at radius 1 is 0.824 bits per heavy atom. The highest BCUT2D eigenvalue weighted by atomic mass is 16.7. The van der Waals surface area contributed by atoms with Gasteiger partial charge in [0.1, 0.15) is 23.9 Å². The molecule has 5 aliphatic rings. The average Bonchev–Trinajstić information content (AvgIpc) is 3.36. The Hall–Kier alpha value is -6.35. The minimum absolute atomic E-state index is 0.0120. The first-order chi connectivity index (χ1) is 35.1. The van der Waals surface area contributed by atoms with Crippen LogP contribution in [0.5, 0.6) is 0 Å². The van der Waals surface area contributed by atoms with Crippen molar-refractivity contribution in [3.05, 3.63) is 119 Å². The van der Waals surface area contributed by atoms with Gasteiger partial charge < -0.3 is 53.6 Å². The van der Waals surface area contributed by atoms with E-state index in [0.29, 0.717) is 18.7 Å². The van der Waals surface area contributed by atoms with E-state index in [1.54, 1.807) is 92.7 Å². The number of carbonyl (C=O) groups excluding carboxylic acids is 7. The maximum absolute atomic E-state index is 16.2. The highest BCUT2D eigenvalue weighted by molar-refractivity contribution is 5.96. The zero-order chi connectivity index (χ0) is 53.3. The van der Waals surface area contributed by atoms with Crippen molar-refractivity contribution in [2.24, 2.45) is 16.7 Å². The van der Waals surface area contributed by atoms with E-state index in [2.05, 4.69) is 10.2 Å². The maximum atomic E-state index is 16.2. The standard InChI is InChI=1S/C55H65N3O16/c1-32-38(72-51(66)44(62)43(35-17-11-8-12-18-35)56-49(64)36-19-13-9-14-20-36)28-55(67)48(73-50(65)37-21-15-10-16-22-37)46-53(6,47(63)45(71-33(2)59)42(32)52(55,4)5)39(27-40-54(46,30-68-40)74-34(3)60)69-31-70-41(61)29-58-25-23-57(7)24-26-58/h8-22,38-40,43-46,48,62,67H,23-31H2,1-7H3,(H,56,64)/t38-,39-,40+,43-,44+,45+,46-,48-,53+,54-,55+/m0/s1. The van der Waals surface area contributed by atoms with Crippen LogP contribution in [0.2, 0.25) is 0 Å². The summed E-state index contributed by atoms with van der Waals surface area (Å²) in [6, 6.07) is 22.9. The number of aliphatic hydroxyl groups excluding tert-OH is 1. The molecule has 2 heterocycles. The summed E-state index contributed by atoms with van der Waals surface area (Å²) in [5.74, 6) is -7.50. The molecule has 19 nitrogen and oxygen atoms in total. The number of ketones is 1. The molecule has 2 saturated carbocycles. The Labute approximate surface area is 429 Å². The van der Waals surface area contributed by atoms with Gasteiger partial charge in [-0.15, -0.1) is 0 Å². The second kappa shape index (κ2) is 21.5. The minimum atomic E-state index is -2.45. The van der Waals surface area contributed by atoms with Crippen molar-refractivity contribution in [2.75, 3.05) is 53.2 Å². The van der Waals surface area contributed by atoms with Gasteiger partial charge in [0, 0.05) is 63.8 Å². The van der Waals surface area contributed by atoms with Gasteiger partial charge in [-0.2, -0.15) is 0 Å². The lowest BCUT2D eigenvalue weighted by Gasteiger charge is -2.67. The van der Waals surface area contributed by atoms with Gasteiger partial charge in [0.05, 0.1) is 42.2 Å². The lowest BCUT2D eigenvalue weighted by atomic mass is 9.44. The summed E-state index contributed by atoms with van der Waals surface area (Å²) in [6.45, 7) is 10.2. The first-order valence-electron chi connectivity index (χ1n) is 24.8. The van der Waals surface area contributed by atoms with Gasteiger partial charge in [-0.1, -0.05) is 80.6 Å². The number of hydrogen-bond donors (Lipinski definition) is 3. The second-order valence-electron chi connectivity index (χ2n) is 20.7. The molecule has 0 radical (unpaired) electrons. The second-order valence-corrected chi connectivity index (χ2v) is 20.7. The molecule has 3 aromatic carbocycles. The number of carbonyl (C=O) groups is 7. The van der Waals surface area contributed by atoms with Crippen LogP contribution in [0, 0.1) is 16.7 Å². The Morgan fingerprint density at radius 2 is 1.43 bits per heavy atom. The molecule has 74 heavy (non-hydrogen) atoms. The maximum Gasteiger partial charge on any atom is 0.338 e. The summed E-state index contributed by atoms with van der Waals surface area (Å²) in [4.78, 5) is 103. The number of benzene rings is 3. The molecule has 1 amide bonds. The molecular weight excluding hydrogens is 959 g/mol. The van der Waals surface area contributed by atoms with E-state index in [1.165, 1.54) is 26.0 Å². The number of fused-ring (bicyclic) bond motifs is 5. The summed E-state index contributed by atoms with van der Waals surface area (Å²) < 4.78 is 43.3. The third kappa shape index (κ3) is 10.1. The van der Waals surface area contributed by atoms with Crippen molar-refractivity contribution >= 4 is 41.5 Å². The number of amides is 1. The van der Waals surface area contributed by atoms with Crippen LogP contribution in [0.25, 0.3) is 0 Å². The van der Waals surface area contributed by atoms with Crippen molar-refractivity contribution < 1.29 is 76.9 Å². The number of piperazine rings is 1.